The number of rotatable bonds is 5. The molecule has 0 radical (unpaired) electrons. The van der Waals surface area contributed by atoms with Crippen LogP contribution in [0.25, 0.3) is 0 Å². The molecule has 84 valence electrons. The summed E-state index contributed by atoms with van der Waals surface area (Å²) in [6, 6.07) is 3.48. The molecule has 0 spiro atoms. The maximum absolute atomic E-state index is 11.6. The highest BCUT2D eigenvalue weighted by molar-refractivity contribution is 7.17. The highest BCUT2D eigenvalue weighted by Gasteiger charge is 2.09. The molecule has 1 rings (SSSR count). The van der Waals surface area contributed by atoms with E-state index in [1.165, 1.54) is 11.3 Å². The van der Waals surface area contributed by atoms with E-state index in [2.05, 4.69) is 17.6 Å². The molecule has 0 fully saturated rings. The summed E-state index contributed by atoms with van der Waals surface area (Å²) in [5.41, 5.74) is 0. The van der Waals surface area contributed by atoms with Gasteiger partial charge in [0.05, 0.1) is 9.21 Å². The summed E-state index contributed by atoms with van der Waals surface area (Å²) >= 11 is 7.04. The van der Waals surface area contributed by atoms with Crippen LogP contribution in [-0.2, 0) is 0 Å². The number of carbonyl (C=O) groups excluding carboxylic acids is 1. The number of amides is 1. The van der Waals surface area contributed by atoms with Crippen molar-refractivity contribution in [2.45, 2.75) is 6.92 Å². The predicted octanol–water partition coefficient (Wildman–Crippen LogP) is 1.99. The van der Waals surface area contributed by atoms with E-state index < -0.39 is 0 Å². The van der Waals surface area contributed by atoms with E-state index in [4.69, 9.17) is 11.6 Å². The largest absolute Gasteiger partial charge is 0.351 e. The third-order valence-electron chi connectivity index (χ3n) is 1.96. The van der Waals surface area contributed by atoms with Gasteiger partial charge in [-0.2, -0.15) is 0 Å². The first kappa shape index (κ1) is 12.5. The van der Waals surface area contributed by atoms with E-state index in [0.29, 0.717) is 21.7 Å². The van der Waals surface area contributed by atoms with Crippen LogP contribution in [-0.4, -0.2) is 26.0 Å². The first-order chi connectivity index (χ1) is 7.13. The molecule has 1 unspecified atom stereocenters. The van der Waals surface area contributed by atoms with Crippen LogP contribution in [0.3, 0.4) is 0 Å². The molecule has 0 aliphatic carbocycles. The van der Waals surface area contributed by atoms with Gasteiger partial charge in [0.15, 0.2) is 0 Å². The Morgan fingerprint density at radius 1 is 1.53 bits per heavy atom. The molecule has 1 aromatic heterocycles. The van der Waals surface area contributed by atoms with Crippen LogP contribution in [0.15, 0.2) is 12.1 Å². The van der Waals surface area contributed by atoms with Crippen molar-refractivity contribution in [3.05, 3.63) is 21.3 Å². The van der Waals surface area contributed by atoms with Gasteiger partial charge in [-0.25, -0.2) is 0 Å². The first-order valence-corrected chi connectivity index (χ1v) is 6.01. The monoisotopic (exact) mass is 246 g/mol. The van der Waals surface area contributed by atoms with Crippen molar-refractivity contribution < 1.29 is 4.79 Å². The fourth-order valence-electron chi connectivity index (χ4n) is 1.21. The van der Waals surface area contributed by atoms with E-state index >= 15 is 0 Å². The molecule has 1 aromatic rings. The highest BCUT2D eigenvalue weighted by atomic mass is 35.5. The Morgan fingerprint density at radius 3 is 2.80 bits per heavy atom. The predicted molar refractivity (Wildman–Crippen MR) is 64.8 cm³/mol. The summed E-state index contributed by atoms with van der Waals surface area (Å²) in [5, 5.41) is 5.93. The van der Waals surface area contributed by atoms with Crippen LogP contribution in [0.4, 0.5) is 0 Å². The first-order valence-electron chi connectivity index (χ1n) is 4.81. The van der Waals surface area contributed by atoms with E-state index in [1.807, 2.05) is 7.05 Å². The van der Waals surface area contributed by atoms with Crippen molar-refractivity contribution in [2.75, 3.05) is 20.1 Å². The van der Waals surface area contributed by atoms with Crippen LogP contribution in [0.1, 0.15) is 16.6 Å². The summed E-state index contributed by atoms with van der Waals surface area (Å²) in [6.07, 6.45) is 0. The summed E-state index contributed by atoms with van der Waals surface area (Å²) in [4.78, 5) is 12.3. The van der Waals surface area contributed by atoms with E-state index in [0.717, 1.165) is 6.54 Å². The molecule has 15 heavy (non-hydrogen) atoms. The van der Waals surface area contributed by atoms with Crippen LogP contribution in [0.2, 0.25) is 4.34 Å². The molecule has 0 aromatic carbocycles. The van der Waals surface area contributed by atoms with Gasteiger partial charge in [-0.1, -0.05) is 18.5 Å². The van der Waals surface area contributed by atoms with Gasteiger partial charge in [0.25, 0.3) is 5.91 Å². The van der Waals surface area contributed by atoms with Crippen LogP contribution in [0, 0.1) is 5.92 Å². The quantitative estimate of drug-likeness (QED) is 0.834. The third kappa shape index (κ3) is 4.20. The van der Waals surface area contributed by atoms with Crippen molar-refractivity contribution in [2.24, 2.45) is 5.92 Å². The Hall–Kier alpha value is -0.580. The standard InChI is InChI=1S/C10H15ClN2OS/c1-7(5-12-2)6-13-10(14)8-3-4-9(11)15-8/h3-4,7,12H,5-6H2,1-2H3,(H,13,14). The number of halogens is 1. The van der Waals surface area contributed by atoms with Crippen LogP contribution >= 0.6 is 22.9 Å². The van der Waals surface area contributed by atoms with E-state index in [9.17, 15) is 4.79 Å². The normalized spacial score (nSPS) is 12.5. The lowest BCUT2D eigenvalue weighted by atomic mass is 10.2. The fraction of sp³-hybridized carbons (Fsp3) is 0.500. The molecule has 0 saturated carbocycles. The molecule has 3 nitrogen and oxygen atoms in total. The van der Waals surface area contributed by atoms with Crippen molar-refractivity contribution in [1.29, 1.82) is 0 Å². The topological polar surface area (TPSA) is 41.1 Å². The number of hydrogen-bond acceptors (Lipinski definition) is 3. The van der Waals surface area contributed by atoms with Gasteiger partial charge in [-0.3, -0.25) is 4.79 Å². The van der Waals surface area contributed by atoms with Gasteiger partial charge in [-0.15, -0.1) is 11.3 Å². The number of nitrogens with one attached hydrogen (secondary N) is 2. The minimum absolute atomic E-state index is 0.0464. The molecular formula is C10H15ClN2OS. The maximum atomic E-state index is 11.6. The smallest absolute Gasteiger partial charge is 0.261 e. The van der Waals surface area contributed by atoms with Gasteiger partial charge in [0, 0.05) is 6.54 Å². The molecule has 0 aliphatic rings. The summed E-state index contributed by atoms with van der Waals surface area (Å²) in [6.45, 7) is 3.65. The Kier molecular flexibility index (Phi) is 5.08. The molecule has 1 amide bonds. The fourth-order valence-corrected chi connectivity index (χ4v) is 2.17. The number of hydrogen-bond donors (Lipinski definition) is 2. The van der Waals surface area contributed by atoms with Gasteiger partial charge in [0.2, 0.25) is 0 Å². The van der Waals surface area contributed by atoms with E-state index in [1.54, 1.807) is 12.1 Å². The lowest BCUT2D eigenvalue weighted by Crippen LogP contribution is -2.31. The Bertz CT molecular complexity index is 327. The van der Waals surface area contributed by atoms with Gasteiger partial charge in [0.1, 0.15) is 0 Å². The Morgan fingerprint density at radius 2 is 2.27 bits per heavy atom. The van der Waals surface area contributed by atoms with Crippen molar-refractivity contribution in [3.63, 3.8) is 0 Å². The zero-order chi connectivity index (χ0) is 11.3. The average Bonchev–Trinajstić information content (AvgIpc) is 2.62. The van der Waals surface area contributed by atoms with Crippen molar-refractivity contribution in [3.8, 4) is 0 Å². The lowest BCUT2D eigenvalue weighted by molar-refractivity contribution is 0.0952. The lowest BCUT2D eigenvalue weighted by Gasteiger charge is -2.10. The Labute approximate surface area is 98.8 Å². The average molecular weight is 247 g/mol. The highest BCUT2D eigenvalue weighted by Crippen LogP contribution is 2.20. The van der Waals surface area contributed by atoms with Crippen molar-refractivity contribution in [1.82, 2.24) is 10.6 Å². The molecule has 5 heteroatoms. The van der Waals surface area contributed by atoms with Crippen LogP contribution < -0.4 is 10.6 Å². The van der Waals surface area contributed by atoms with Gasteiger partial charge >= 0.3 is 0 Å². The Balaban J connectivity index is 2.36. The molecule has 1 heterocycles. The van der Waals surface area contributed by atoms with Gasteiger partial charge < -0.3 is 10.6 Å². The second kappa shape index (κ2) is 6.10. The SMILES string of the molecule is CNCC(C)CNC(=O)c1ccc(Cl)s1. The molecule has 0 aliphatic heterocycles. The zero-order valence-corrected chi connectivity index (χ0v) is 10.4. The van der Waals surface area contributed by atoms with Crippen molar-refractivity contribution >= 4 is 28.8 Å². The summed E-state index contributed by atoms with van der Waals surface area (Å²) in [5.74, 6) is 0.379. The van der Waals surface area contributed by atoms with Gasteiger partial charge in [-0.05, 0) is 31.6 Å². The zero-order valence-electron chi connectivity index (χ0n) is 8.84. The molecular weight excluding hydrogens is 232 g/mol. The molecule has 0 bridgehead atoms. The second-order valence-electron chi connectivity index (χ2n) is 3.48. The maximum Gasteiger partial charge on any atom is 0.261 e. The van der Waals surface area contributed by atoms with Crippen LogP contribution in [0.5, 0.6) is 0 Å². The summed E-state index contributed by atoms with van der Waals surface area (Å²) in [7, 11) is 1.90. The minimum atomic E-state index is -0.0464. The van der Waals surface area contributed by atoms with E-state index in [-0.39, 0.29) is 5.91 Å². The molecule has 1 atom stereocenters. The number of carbonyl (C=O) groups is 1. The molecule has 0 saturated heterocycles. The summed E-state index contributed by atoms with van der Waals surface area (Å²) < 4.78 is 0.642. The second-order valence-corrected chi connectivity index (χ2v) is 5.19. The number of thiophene rings is 1. The molecule has 2 N–H and O–H groups in total. The minimum Gasteiger partial charge on any atom is -0.351 e. The third-order valence-corrected chi connectivity index (χ3v) is 3.19.